The van der Waals surface area contributed by atoms with Gasteiger partial charge in [-0.1, -0.05) is 32.9 Å². The molecular formula is C15H18N2. The molecule has 0 radical (unpaired) electrons. The van der Waals surface area contributed by atoms with E-state index in [9.17, 15) is 0 Å². The van der Waals surface area contributed by atoms with Gasteiger partial charge >= 0.3 is 0 Å². The van der Waals surface area contributed by atoms with Crippen LogP contribution in [0.4, 0.5) is 0 Å². The van der Waals surface area contributed by atoms with Gasteiger partial charge in [0.15, 0.2) is 0 Å². The summed E-state index contributed by atoms with van der Waals surface area (Å²) in [5, 5.41) is 0. The summed E-state index contributed by atoms with van der Waals surface area (Å²) in [7, 11) is 0. The maximum Gasteiger partial charge on any atom is 0.0457 e. The molecular weight excluding hydrogens is 208 g/mol. The van der Waals surface area contributed by atoms with Crippen molar-refractivity contribution in [3.05, 3.63) is 59.7 Å². The van der Waals surface area contributed by atoms with Gasteiger partial charge in [-0.2, -0.15) is 0 Å². The lowest BCUT2D eigenvalue weighted by atomic mass is 9.91. The van der Waals surface area contributed by atoms with E-state index in [1.165, 1.54) is 11.1 Å². The van der Waals surface area contributed by atoms with Crippen molar-refractivity contribution < 1.29 is 0 Å². The van der Waals surface area contributed by atoms with E-state index < -0.39 is 0 Å². The Kier molecular flexibility index (Phi) is 3.23. The lowest BCUT2D eigenvalue weighted by molar-refractivity contribution is 0.568. The summed E-state index contributed by atoms with van der Waals surface area (Å²) >= 11 is 0. The first-order valence-corrected chi connectivity index (χ1v) is 5.90. The van der Waals surface area contributed by atoms with Gasteiger partial charge in [0, 0.05) is 36.1 Å². The SMILES string of the molecule is CC(C)(C)c1ccc(Cc2cccnc2)cn1. The molecule has 0 bridgehead atoms. The van der Waals surface area contributed by atoms with Crippen LogP contribution in [0.1, 0.15) is 37.6 Å². The van der Waals surface area contributed by atoms with Crippen LogP contribution in [0.2, 0.25) is 0 Å². The van der Waals surface area contributed by atoms with E-state index >= 15 is 0 Å². The number of rotatable bonds is 2. The molecule has 2 heterocycles. The van der Waals surface area contributed by atoms with E-state index in [0.29, 0.717) is 0 Å². The topological polar surface area (TPSA) is 25.8 Å². The molecule has 0 N–H and O–H groups in total. The highest BCUT2D eigenvalue weighted by Crippen LogP contribution is 2.20. The van der Waals surface area contributed by atoms with Crippen molar-refractivity contribution >= 4 is 0 Å². The van der Waals surface area contributed by atoms with Gasteiger partial charge in [0.05, 0.1) is 0 Å². The highest BCUT2D eigenvalue weighted by molar-refractivity contribution is 5.24. The highest BCUT2D eigenvalue weighted by Gasteiger charge is 2.14. The molecule has 2 heteroatoms. The number of hydrogen-bond donors (Lipinski definition) is 0. The quantitative estimate of drug-likeness (QED) is 0.784. The van der Waals surface area contributed by atoms with E-state index in [1.54, 1.807) is 6.20 Å². The second kappa shape index (κ2) is 4.66. The molecule has 0 aliphatic carbocycles. The first kappa shape index (κ1) is 11.8. The Balaban J connectivity index is 2.14. The summed E-state index contributed by atoms with van der Waals surface area (Å²) in [6.07, 6.45) is 6.56. The van der Waals surface area contributed by atoms with E-state index in [1.807, 2.05) is 18.5 Å². The minimum Gasteiger partial charge on any atom is -0.264 e. The predicted molar refractivity (Wildman–Crippen MR) is 70.0 cm³/mol. The molecule has 0 spiro atoms. The summed E-state index contributed by atoms with van der Waals surface area (Å²) in [4.78, 5) is 8.64. The van der Waals surface area contributed by atoms with Crippen LogP contribution in [-0.4, -0.2) is 9.97 Å². The van der Waals surface area contributed by atoms with Crippen molar-refractivity contribution in [2.24, 2.45) is 0 Å². The van der Waals surface area contributed by atoms with Crippen molar-refractivity contribution in [1.29, 1.82) is 0 Å². The maximum absolute atomic E-state index is 4.53. The fraction of sp³-hybridized carbons (Fsp3) is 0.333. The van der Waals surface area contributed by atoms with E-state index in [-0.39, 0.29) is 5.41 Å². The number of nitrogens with zero attached hydrogens (tertiary/aromatic N) is 2. The molecule has 2 nitrogen and oxygen atoms in total. The molecule has 2 rings (SSSR count). The third-order valence-electron chi connectivity index (χ3n) is 2.72. The monoisotopic (exact) mass is 226 g/mol. The van der Waals surface area contributed by atoms with E-state index in [0.717, 1.165) is 12.1 Å². The van der Waals surface area contributed by atoms with Crippen LogP contribution in [-0.2, 0) is 11.8 Å². The molecule has 2 aromatic rings. The Bertz CT molecular complexity index is 467. The minimum atomic E-state index is 0.118. The molecule has 0 aliphatic rings. The molecule has 2 aromatic heterocycles. The average Bonchev–Trinajstić information content (AvgIpc) is 2.30. The van der Waals surface area contributed by atoms with Gasteiger partial charge in [-0.25, -0.2) is 0 Å². The van der Waals surface area contributed by atoms with Crippen molar-refractivity contribution in [3.63, 3.8) is 0 Å². The van der Waals surface area contributed by atoms with Gasteiger partial charge in [-0.05, 0) is 23.3 Å². The van der Waals surface area contributed by atoms with E-state index in [4.69, 9.17) is 0 Å². The Morgan fingerprint density at radius 1 is 1.00 bits per heavy atom. The molecule has 0 amide bonds. The Hall–Kier alpha value is -1.70. The minimum absolute atomic E-state index is 0.118. The summed E-state index contributed by atoms with van der Waals surface area (Å²) < 4.78 is 0. The van der Waals surface area contributed by atoms with Crippen LogP contribution >= 0.6 is 0 Å². The van der Waals surface area contributed by atoms with Crippen LogP contribution < -0.4 is 0 Å². The van der Waals surface area contributed by atoms with Gasteiger partial charge in [-0.15, -0.1) is 0 Å². The van der Waals surface area contributed by atoms with Crippen LogP contribution in [0.15, 0.2) is 42.9 Å². The molecule has 0 aliphatic heterocycles. The molecule has 88 valence electrons. The van der Waals surface area contributed by atoms with Gasteiger partial charge in [0.25, 0.3) is 0 Å². The average molecular weight is 226 g/mol. The molecule has 0 atom stereocenters. The maximum atomic E-state index is 4.53. The first-order valence-electron chi connectivity index (χ1n) is 5.90. The predicted octanol–water partition coefficient (Wildman–Crippen LogP) is 3.36. The van der Waals surface area contributed by atoms with Crippen LogP contribution in [0.5, 0.6) is 0 Å². The first-order chi connectivity index (χ1) is 8.05. The van der Waals surface area contributed by atoms with Crippen molar-refractivity contribution in [1.82, 2.24) is 9.97 Å². The zero-order chi connectivity index (χ0) is 12.3. The molecule has 17 heavy (non-hydrogen) atoms. The summed E-state index contributed by atoms with van der Waals surface area (Å²) in [5.74, 6) is 0. The number of pyridine rings is 2. The third-order valence-corrected chi connectivity index (χ3v) is 2.72. The highest BCUT2D eigenvalue weighted by atomic mass is 14.7. The zero-order valence-electron chi connectivity index (χ0n) is 10.6. The fourth-order valence-electron chi connectivity index (χ4n) is 1.71. The molecule has 0 saturated carbocycles. The third kappa shape index (κ3) is 3.13. The van der Waals surface area contributed by atoms with Gasteiger partial charge in [0.1, 0.15) is 0 Å². The second-order valence-electron chi connectivity index (χ2n) is 5.34. The summed E-state index contributed by atoms with van der Waals surface area (Å²) in [6, 6.07) is 8.32. The lowest BCUT2D eigenvalue weighted by Gasteiger charge is -2.17. The number of aromatic nitrogens is 2. The Morgan fingerprint density at radius 3 is 2.29 bits per heavy atom. The van der Waals surface area contributed by atoms with Gasteiger partial charge in [-0.3, -0.25) is 9.97 Å². The smallest absolute Gasteiger partial charge is 0.0457 e. The largest absolute Gasteiger partial charge is 0.264 e. The Labute approximate surface area is 103 Å². The lowest BCUT2D eigenvalue weighted by Crippen LogP contribution is -2.13. The van der Waals surface area contributed by atoms with Gasteiger partial charge < -0.3 is 0 Å². The van der Waals surface area contributed by atoms with Crippen LogP contribution in [0.3, 0.4) is 0 Å². The second-order valence-corrected chi connectivity index (χ2v) is 5.34. The van der Waals surface area contributed by atoms with Gasteiger partial charge in [0.2, 0.25) is 0 Å². The normalized spacial score (nSPS) is 11.5. The number of hydrogen-bond acceptors (Lipinski definition) is 2. The molecule has 0 unspecified atom stereocenters. The molecule has 0 saturated heterocycles. The standard InChI is InChI=1S/C15H18N2/c1-15(2,3)14-7-6-13(11-17-14)9-12-5-4-8-16-10-12/h4-8,10-11H,9H2,1-3H3. The molecule has 0 fully saturated rings. The molecule has 0 aromatic carbocycles. The Morgan fingerprint density at radius 2 is 1.76 bits per heavy atom. The van der Waals surface area contributed by atoms with E-state index in [2.05, 4.69) is 48.9 Å². The van der Waals surface area contributed by atoms with Crippen molar-refractivity contribution in [3.8, 4) is 0 Å². The van der Waals surface area contributed by atoms with Crippen molar-refractivity contribution in [2.45, 2.75) is 32.6 Å². The fourth-order valence-corrected chi connectivity index (χ4v) is 1.71. The summed E-state index contributed by atoms with van der Waals surface area (Å²) in [5.41, 5.74) is 3.70. The zero-order valence-corrected chi connectivity index (χ0v) is 10.6. The van der Waals surface area contributed by atoms with Crippen LogP contribution in [0, 0.1) is 0 Å². The summed E-state index contributed by atoms with van der Waals surface area (Å²) in [6.45, 7) is 6.53. The van der Waals surface area contributed by atoms with Crippen molar-refractivity contribution in [2.75, 3.05) is 0 Å². The van der Waals surface area contributed by atoms with Crippen LogP contribution in [0.25, 0.3) is 0 Å².